The Kier molecular flexibility index (Phi) is 4.41. The highest BCUT2D eigenvalue weighted by Crippen LogP contribution is 2.30. The number of rotatable bonds is 4. The van der Waals surface area contributed by atoms with Gasteiger partial charge in [-0.25, -0.2) is 9.50 Å². The van der Waals surface area contributed by atoms with E-state index in [1.54, 1.807) is 0 Å². The number of hydrogen-bond donors (Lipinski definition) is 1. The van der Waals surface area contributed by atoms with E-state index >= 15 is 0 Å². The lowest BCUT2D eigenvalue weighted by Crippen LogP contribution is -2.26. The summed E-state index contributed by atoms with van der Waals surface area (Å²) in [6.45, 7) is 3.54. The molecule has 0 aromatic carbocycles. The molecule has 25 heavy (non-hydrogen) atoms. The van der Waals surface area contributed by atoms with Crippen LogP contribution in [0.25, 0.3) is 5.65 Å². The Hall–Kier alpha value is -2.56. The molecule has 3 rings (SSSR count). The predicted octanol–water partition coefficient (Wildman–Crippen LogP) is 2.19. The van der Waals surface area contributed by atoms with Crippen LogP contribution in [0.3, 0.4) is 0 Å². The Morgan fingerprint density at radius 1 is 1.32 bits per heavy atom. The SMILES string of the molecule is Cc1cc(C(F)(F)F)n2ncc(C(=O)NCCc3nnc(C)s3)c2n1. The summed E-state index contributed by atoms with van der Waals surface area (Å²) in [6, 6.07) is 0.888. The first-order chi connectivity index (χ1) is 11.8. The van der Waals surface area contributed by atoms with Crippen LogP contribution in [-0.2, 0) is 12.6 Å². The number of carbonyl (C=O) groups excluding carboxylic acids is 1. The highest BCUT2D eigenvalue weighted by Gasteiger charge is 2.35. The van der Waals surface area contributed by atoms with Crippen LogP contribution in [0.4, 0.5) is 13.2 Å². The number of carbonyl (C=O) groups is 1. The smallest absolute Gasteiger partial charge is 0.351 e. The van der Waals surface area contributed by atoms with Crippen molar-refractivity contribution in [1.29, 1.82) is 0 Å². The first-order valence-corrected chi connectivity index (χ1v) is 8.07. The maximum atomic E-state index is 13.1. The molecule has 0 radical (unpaired) electrons. The number of aryl methyl sites for hydroxylation is 2. The van der Waals surface area contributed by atoms with Crippen molar-refractivity contribution < 1.29 is 18.0 Å². The summed E-state index contributed by atoms with van der Waals surface area (Å²) < 4.78 is 39.9. The standard InChI is InChI=1S/C14H13F3N6OS/c1-7-5-10(14(15,16)17)23-12(20-7)9(6-19-23)13(24)18-4-3-11-22-21-8(2)25-11/h5-6H,3-4H2,1-2H3,(H,18,24). The van der Waals surface area contributed by atoms with E-state index in [-0.39, 0.29) is 23.4 Å². The van der Waals surface area contributed by atoms with Gasteiger partial charge in [0.1, 0.15) is 21.3 Å². The highest BCUT2D eigenvalue weighted by molar-refractivity contribution is 7.11. The van der Waals surface area contributed by atoms with Crippen LogP contribution in [0.15, 0.2) is 12.3 Å². The molecule has 0 saturated carbocycles. The summed E-state index contributed by atoms with van der Waals surface area (Å²) >= 11 is 1.42. The number of aromatic nitrogens is 5. The summed E-state index contributed by atoms with van der Waals surface area (Å²) in [5.41, 5.74) is -0.962. The molecule has 0 spiro atoms. The lowest BCUT2D eigenvalue weighted by molar-refractivity contribution is -0.142. The third kappa shape index (κ3) is 3.60. The van der Waals surface area contributed by atoms with Crippen molar-refractivity contribution in [3.63, 3.8) is 0 Å². The maximum absolute atomic E-state index is 13.1. The van der Waals surface area contributed by atoms with E-state index in [1.807, 2.05) is 6.92 Å². The van der Waals surface area contributed by atoms with Gasteiger partial charge in [0.25, 0.3) is 5.91 Å². The summed E-state index contributed by atoms with van der Waals surface area (Å²) in [5, 5.41) is 15.7. The van der Waals surface area contributed by atoms with Crippen LogP contribution in [-0.4, -0.2) is 37.2 Å². The average molecular weight is 370 g/mol. The number of fused-ring (bicyclic) bond motifs is 1. The van der Waals surface area contributed by atoms with Gasteiger partial charge in [0.15, 0.2) is 5.65 Å². The van der Waals surface area contributed by atoms with Crippen LogP contribution in [0.2, 0.25) is 0 Å². The van der Waals surface area contributed by atoms with Gasteiger partial charge in [-0.1, -0.05) is 0 Å². The minimum Gasteiger partial charge on any atom is -0.351 e. The number of hydrogen-bond acceptors (Lipinski definition) is 6. The molecule has 3 aromatic rings. The van der Waals surface area contributed by atoms with E-state index in [1.165, 1.54) is 18.3 Å². The second kappa shape index (κ2) is 6.39. The molecule has 1 N–H and O–H groups in total. The van der Waals surface area contributed by atoms with E-state index in [9.17, 15) is 18.0 Å². The van der Waals surface area contributed by atoms with Gasteiger partial charge in [-0.3, -0.25) is 4.79 Å². The van der Waals surface area contributed by atoms with Crippen molar-refractivity contribution >= 4 is 22.9 Å². The molecule has 0 bridgehead atoms. The molecule has 3 heterocycles. The van der Waals surface area contributed by atoms with E-state index in [0.717, 1.165) is 22.3 Å². The van der Waals surface area contributed by atoms with Crippen LogP contribution in [0.5, 0.6) is 0 Å². The lowest BCUT2D eigenvalue weighted by atomic mass is 10.2. The molecule has 11 heteroatoms. The molecule has 3 aromatic heterocycles. The molecular formula is C14H13F3N6OS. The largest absolute Gasteiger partial charge is 0.433 e. The monoisotopic (exact) mass is 370 g/mol. The third-order valence-corrected chi connectivity index (χ3v) is 4.23. The van der Waals surface area contributed by atoms with Crippen molar-refractivity contribution in [3.8, 4) is 0 Å². The van der Waals surface area contributed by atoms with Crippen LogP contribution >= 0.6 is 11.3 Å². The van der Waals surface area contributed by atoms with Gasteiger partial charge >= 0.3 is 6.18 Å². The van der Waals surface area contributed by atoms with Crippen molar-refractivity contribution in [1.82, 2.24) is 30.1 Å². The first kappa shape index (κ1) is 17.3. The quantitative estimate of drug-likeness (QED) is 0.761. The highest BCUT2D eigenvalue weighted by atomic mass is 32.1. The summed E-state index contributed by atoms with van der Waals surface area (Å²) in [5.74, 6) is -0.539. The van der Waals surface area contributed by atoms with Crippen LogP contribution in [0, 0.1) is 13.8 Å². The van der Waals surface area contributed by atoms with Gasteiger partial charge in [0, 0.05) is 18.7 Å². The van der Waals surface area contributed by atoms with Crippen molar-refractivity contribution in [2.45, 2.75) is 26.4 Å². The minimum atomic E-state index is -4.60. The van der Waals surface area contributed by atoms with Gasteiger partial charge < -0.3 is 5.32 Å². The zero-order valence-electron chi connectivity index (χ0n) is 13.3. The van der Waals surface area contributed by atoms with Crippen LogP contribution in [0.1, 0.15) is 31.8 Å². The van der Waals surface area contributed by atoms with Crippen molar-refractivity contribution in [2.24, 2.45) is 0 Å². The zero-order chi connectivity index (χ0) is 18.2. The van der Waals surface area contributed by atoms with E-state index in [2.05, 4.69) is 25.6 Å². The average Bonchev–Trinajstić information content (AvgIpc) is 3.11. The van der Waals surface area contributed by atoms with Crippen molar-refractivity contribution in [2.75, 3.05) is 6.54 Å². The molecule has 0 aliphatic carbocycles. The Bertz CT molecular complexity index is 932. The van der Waals surface area contributed by atoms with E-state index in [4.69, 9.17) is 0 Å². The third-order valence-electron chi connectivity index (χ3n) is 3.33. The first-order valence-electron chi connectivity index (χ1n) is 7.25. The second-order valence-corrected chi connectivity index (χ2v) is 6.56. The number of nitrogens with one attached hydrogen (secondary N) is 1. The number of amides is 1. The molecule has 0 saturated heterocycles. The molecule has 0 atom stereocenters. The van der Waals surface area contributed by atoms with E-state index in [0.29, 0.717) is 10.9 Å². The molecule has 7 nitrogen and oxygen atoms in total. The second-order valence-electron chi connectivity index (χ2n) is 5.29. The molecule has 132 valence electrons. The number of halogens is 3. The summed E-state index contributed by atoms with van der Waals surface area (Å²) in [6.07, 6.45) is -3.03. The Morgan fingerprint density at radius 2 is 2.08 bits per heavy atom. The molecule has 0 aliphatic rings. The fraction of sp³-hybridized carbons (Fsp3) is 0.357. The number of nitrogens with zero attached hydrogens (tertiary/aromatic N) is 5. The normalized spacial score (nSPS) is 11.9. The fourth-order valence-electron chi connectivity index (χ4n) is 2.26. The zero-order valence-corrected chi connectivity index (χ0v) is 14.1. The van der Waals surface area contributed by atoms with Gasteiger partial charge in [0.2, 0.25) is 0 Å². The van der Waals surface area contributed by atoms with Gasteiger partial charge in [-0.05, 0) is 19.9 Å². The molecule has 0 aliphatic heterocycles. The topological polar surface area (TPSA) is 85.1 Å². The number of alkyl halides is 3. The Labute approximate surface area is 143 Å². The maximum Gasteiger partial charge on any atom is 0.433 e. The minimum absolute atomic E-state index is 0.0114. The molecule has 0 unspecified atom stereocenters. The van der Waals surface area contributed by atoms with Gasteiger partial charge in [-0.2, -0.15) is 18.3 Å². The summed E-state index contributed by atoms with van der Waals surface area (Å²) in [4.78, 5) is 16.3. The Morgan fingerprint density at radius 3 is 2.72 bits per heavy atom. The summed E-state index contributed by atoms with van der Waals surface area (Å²) in [7, 11) is 0. The van der Waals surface area contributed by atoms with Crippen LogP contribution < -0.4 is 5.32 Å². The van der Waals surface area contributed by atoms with Gasteiger partial charge in [0.05, 0.1) is 6.20 Å². The van der Waals surface area contributed by atoms with Gasteiger partial charge in [-0.15, -0.1) is 21.5 Å². The fourth-order valence-corrected chi connectivity index (χ4v) is 2.97. The van der Waals surface area contributed by atoms with E-state index < -0.39 is 17.8 Å². The Balaban J connectivity index is 1.81. The molecule has 1 amide bonds. The molecular weight excluding hydrogens is 357 g/mol. The predicted molar refractivity (Wildman–Crippen MR) is 83.4 cm³/mol. The lowest BCUT2D eigenvalue weighted by Gasteiger charge is -2.09. The molecule has 0 fully saturated rings. The van der Waals surface area contributed by atoms with Crippen molar-refractivity contribution in [3.05, 3.63) is 39.2 Å².